The van der Waals surface area contributed by atoms with Crippen LogP contribution in [0.5, 0.6) is 5.75 Å². The number of anilines is 1. The summed E-state index contributed by atoms with van der Waals surface area (Å²) in [5, 5.41) is 23.1. The number of hydrogen-bond acceptors (Lipinski definition) is 6. The Hall–Kier alpha value is -3.43. The van der Waals surface area contributed by atoms with E-state index in [2.05, 4.69) is 5.32 Å². The van der Waals surface area contributed by atoms with E-state index in [1.807, 2.05) is 43.3 Å². The van der Waals surface area contributed by atoms with Crippen molar-refractivity contribution >= 4 is 57.8 Å². The van der Waals surface area contributed by atoms with Crippen LogP contribution in [-0.4, -0.2) is 38.7 Å². The summed E-state index contributed by atoms with van der Waals surface area (Å²) >= 11 is 6.47. The average Bonchev–Trinajstić information content (AvgIpc) is 3.00. The molecule has 32 heavy (non-hydrogen) atoms. The first-order chi connectivity index (χ1) is 15.2. The average molecular weight is 468 g/mol. The van der Waals surface area contributed by atoms with Crippen molar-refractivity contribution in [3.05, 3.63) is 76.2 Å². The maximum atomic E-state index is 12.7. The van der Waals surface area contributed by atoms with E-state index in [0.717, 1.165) is 23.3 Å². The second-order valence-corrected chi connectivity index (χ2v) is 8.62. The van der Waals surface area contributed by atoms with Gasteiger partial charge in [-0.1, -0.05) is 72.2 Å². The van der Waals surface area contributed by atoms with Gasteiger partial charge in [0.15, 0.2) is 0 Å². The van der Waals surface area contributed by atoms with Gasteiger partial charge in [0, 0.05) is 18.7 Å². The van der Waals surface area contributed by atoms with E-state index in [1.54, 1.807) is 6.08 Å². The highest BCUT2D eigenvalue weighted by atomic mass is 32.2. The number of hydrogen-bond donors (Lipinski definition) is 2. The highest BCUT2D eigenvalue weighted by Gasteiger charge is 2.32. The van der Waals surface area contributed by atoms with Crippen LogP contribution in [0.3, 0.4) is 0 Å². The van der Waals surface area contributed by atoms with Crippen molar-refractivity contribution in [1.82, 2.24) is 4.90 Å². The number of amides is 2. The Labute approximate surface area is 194 Å². The fourth-order valence-electron chi connectivity index (χ4n) is 2.97. The summed E-state index contributed by atoms with van der Waals surface area (Å²) in [4.78, 5) is 37.9. The number of carbonyl (C=O) groups is 3. The van der Waals surface area contributed by atoms with Crippen LogP contribution in [0, 0.1) is 0 Å². The lowest BCUT2D eigenvalue weighted by atomic mass is 10.1. The number of thioether (sulfide) groups is 1. The van der Waals surface area contributed by atoms with Crippen molar-refractivity contribution in [3.63, 3.8) is 0 Å². The number of allylic oxidation sites excluding steroid dienone is 2. The van der Waals surface area contributed by atoms with Crippen LogP contribution >= 0.6 is 24.0 Å². The molecule has 0 atom stereocenters. The molecule has 0 spiro atoms. The molecule has 2 amide bonds. The molecule has 1 aliphatic heterocycles. The van der Waals surface area contributed by atoms with Crippen molar-refractivity contribution in [1.29, 1.82) is 0 Å². The number of carboxylic acid groups (broad SMARTS) is 1. The minimum Gasteiger partial charge on any atom is -0.872 e. The first kappa shape index (κ1) is 23.2. The Balaban J connectivity index is 1.61. The lowest BCUT2D eigenvalue weighted by Crippen LogP contribution is -2.31. The smallest absolute Gasteiger partial charge is 0.335 e. The zero-order chi connectivity index (χ0) is 23.3. The lowest BCUT2D eigenvalue weighted by molar-refractivity contribution is -0.268. The van der Waals surface area contributed by atoms with Gasteiger partial charge in [0.2, 0.25) is 5.91 Å². The van der Waals surface area contributed by atoms with Crippen molar-refractivity contribution in [2.75, 3.05) is 11.9 Å². The number of nitrogens with one attached hydrogen (secondary N) is 1. The lowest BCUT2D eigenvalue weighted by Gasteiger charge is -2.15. The largest absolute Gasteiger partial charge is 0.872 e. The Kier molecular flexibility index (Phi) is 7.45. The molecule has 164 valence electrons. The van der Waals surface area contributed by atoms with Crippen molar-refractivity contribution < 1.29 is 24.6 Å². The fourth-order valence-corrected chi connectivity index (χ4v) is 4.32. The van der Waals surface area contributed by atoms with Crippen molar-refractivity contribution in [2.24, 2.45) is 0 Å². The summed E-state index contributed by atoms with van der Waals surface area (Å²) in [6, 6.07) is 13.2. The molecular formula is C23H19N2O5S2-. The molecule has 1 aliphatic rings. The summed E-state index contributed by atoms with van der Waals surface area (Å²) in [6.07, 6.45) is 3.68. The van der Waals surface area contributed by atoms with Gasteiger partial charge in [-0.15, -0.1) is 0 Å². The third-order valence-electron chi connectivity index (χ3n) is 4.48. The maximum absolute atomic E-state index is 12.7. The topological polar surface area (TPSA) is 110 Å². The number of aromatic carboxylic acids is 1. The number of benzene rings is 2. The molecule has 0 radical (unpaired) electrons. The molecule has 2 N–H and O–H groups in total. The Morgan fingerprint density at radius 3 is 2.62 bits per heavy atom. The standard InChI is InChI=1S/C23H20N2O5S2/c1-14(11-15-5-3-2-4-6-15)12-19-21(28)25(23(31)32-19)10-9-20(27)24-16-7-8-18(26)17(13-16)22(29)30/h2-8,11-13,26H,9-10H2,1H3,(H,24,27)(H,29,30)/p-1/b14-11+,19-12-. The summed E-state index contributed by atoms with van der Waals surface area (Å²) < 4.78 is 0.366. The van der Waals surface area contributed by atoms with Crippen molar-refractivity contribution in [2.45, 2.75) is 13.3 Å². The number of rotatable bonds is 7. The van der Waals surface area contributed by atoms with Crippen LogP contribution < -0.4 is 10.4 Å². The SMILES string of the molecule is CC(/C=C1\SC(=S)N(CCC(=O)Nc2ccc([O-])c(C(=O)O)c2)C1=O)=C\c1ccccc1. The van der Waals surface area contributed by atoms with E-state index in [1.165, 1.54) is 22.7 Å². The van der Waals surface area contributed by atoms with Crippen molar-refractivity contribution in [3.8, 4) is 5.75 Å². The first-order valence-corrected chi connectivity index (χ1v) is 10.8. The van der Waals surface area contributed by atoms with Gasteiger partial charge in [-0.3, -0.25) is 14.5 Å². The third kappa shape index (κ3) is 5.83. The van der Waals surface area contributed by atoms with Gasteiger partial charge in [0.1, 0.15) is 4.32 Å². The molecule has 0 saturated carbocycles. The van der Waals surface area contributed by atoms with E-state index < -0.39 is 23.2 Å². The minimum absolute atomic E-state index is 0.0416. The zero-order valence-electron chi connectivity index (χ0n) is 17.0. The summed E-state index contributed by atoms with van der Waals surface area (Å²) in [5.41, 5.74) is 1.68. The molecule has 0 aliphatic carbocycles. The summed E-state index contributed by atoms with van der Waals surface area (Å²) in [7, 11) is 0. The van der Waals surface area contributed by atoms with Crippen LogP contribution in [0.4, 0.5) is 5.69 Å². The number of nitrogens with zero attached hydrogens (tertiary/aromatic N) is 1. The van der Waals surface area contributed by atoms with Gasteiger partial charge in [-0.25, -0.2) is 4.79 Å². The Bertz CT molecular complexity index is 1140. The molecule has 0 bridgehead atoms. The summed E-state index contributed by atoms with van der Waals surface area (Å²) in [5.74, 6) is -2.71. The van der Waals surface area contributed by atoms with E-state index in [9.17, 15) is 19.5 Å². The molecule has 2 aromatic rings. The molecule has 7 nitrogen and oxygen atoms in total. The summed E-state index contributed by atoms with van der Waals surface area (Å²) in [6.45, 7) is 1.98. The Morgan fingerprint density at radius 1 is 1.22 bits per heavy atom. The maximum Gasteiger partial charge on any atom is 0.335 e. The molecule has 1 fully saturated rings. The van der Waals surface area contributed by atoms with Gasteiger partial charge in [0.25, 0.3) is 5.91 Å². The fraction of sp³-hybridized carbons (Fsp3) is 0.130. The third-order valence-corrected chi connectivity index (χ3v) is 5.86. The normalized spacial score (nSPS) is 15.3. The number of carboxylic acids is 1. The number of carbonyl (C=O) groups excluding carboxylic acids is 2. The van der Waals surface area contributed by atoms with Crippen LogP contribution in [0.2, 0.25) is 0 Å². The zero-order valence-corrected chi connectivity index (χ0v) is 18.7. The molecule has 1 saturated heterocycles. The second kappa shape index (κ2) is 10.3. The van der Waals surface area contributed by atoms with Gasteiger partial charge in [0.05, 0.1) is 10.5 Å². The van der Waals surface area contributed by atoms with Gasteiger partial charge >= 0.3 is 5.97 Å². The van der Waals surface area contributed by atoms with Crippen LogP contribution in [0.1, 0.15) is 29.3 Å². The van der Waals surface area contributed by atoms with Gasteiger partial charge in [-0.05, 0) is 36.3 Å². The minimum atomic E-state index is -1.37. The molecule has 9 heteroatoms. The second-order valence-electron chi connectivity index (χ2n) is 6.95. The van der Waals surface area contributed by atoms with E-state index >= 15 is 0 Å². The number of thiocarbonyl (C=S) groups is 1. The van der Waals surface area contributed by atoms with Crippen LogP contribution in [-0.2, 0) is 9.59 Å². The molecule has 1 heterocycles. The predicted molar refractivity (Wildman–Crippen MR) is 126 cm³/mol. The van der Waals surface area contributed by atoms with E-state index in [4.69, 9.17) is 17.3 Å². The van der Waals surface area contributed by atoms with E-state index in [-0.39, 0.29) is 24.6 Å². The predicted octanol–water partition coefficient (Wildman–Crippen LogP) is 3.63. The highest BCUT2D eigenvalue weighted by Crippen LogP contribution is 2.32. The van der Waals surface area contributed by atoms with Gasteiger partial charge in [-0.2, -0.15) is 0 Å². The van der Waals surface area contributed by atoms with E-state index in [0.29, 0.717) is 9.23 Å². The Morgan fingerprint density at radius 2 is 1.94 bits per heavy atom. The highest BCUT2D eigenvalue weighted by molar-refractivity contribution is 8.26. The molecule has 3 rings (SSSR count). The monoisotopic (exact) mass is 467 g/mol. The molecular weight excluding hydrogens is 448 g/mol. The van der Waals surface area contributed by atoms with Gasteiger partial charge < -0.3 is 15.5 Å². The van der Waals surface area contributed by atoms with Crippen LogP contribution in [0.15, 0.2) is 65.1 Å². The first-order valence-electron chi connectivity index (χ1n) is 9.57. The molecule has 0 aromatic heterocycles. The quantitative estimate of drug-likeness (QED) is 0.473. The van der Waals surface area contributed by atoms with Crippen LogP contribution in [0.25, 0.3) is 6.08 Å². The molecule has 2 aromatic carbocycles. The molecule has 0 unspecified atom stereocenters.